The van der Waals surface area contributed by atoms with Crippen molar-refractivity contribution in [1.82, 2.24) is 0 Å². The normalized spacial score (nSPS) is 11.8. The van der Waals surface area contributed by atoms with Crippen LogP contribution in [0, 0.1) is 0 Å². The first-order chi connectivity index (χ1) is 7.68. The van der Waals surface area contributed by atoms with Gasteiger partial charge >= 0.3 is 5.97 Å². The van der Waals surface area contributed by atoms with Crippen LogP contribution in [0.4, 0.5) is 0 Å². The second-order valence-electron chi connectivity index (χ2n) is 3.79. The summed E-state index contributed by atoms with van der Waals surface area (Å²) >= 11 is 0. The molecule has 0 radical (unpaired) electrons. The third-order valence-corrected chi connectivity index (χ3v) is 2.64. The first-order valence-electron chi connectivity index (χ1n) is 5.13. The summed E-state index contributed by atoms with van der Waals surface area (Å²) in [7, 11) is 0. The van der Waals surface area contributed by atoms with E-state index in [9.17, 15) is 4.79 Å². The predicted octanol–water partition coefficient (Wildman–Crippen LogP) is 2.22. The Morgan fingerprint density at radius 1 is 1.18 bits per heavy atom. The molecule has 0 aromatic heterocycles. The topological polar surface area (TPSA) is 63.3 Å². The number of benzene rings is 2. The Morgan fingerprint density at radius 3 is 2.53 bits per heavy atom. The van der Waals surface area contributed by atoms with Gasteiger partial charge in [-0.1, -0.05) is 42.5 Å². The molecule has 0 saturated heterocycles. The molecule has 0 amide bonds. The van der Waals surface area contributed by atoms with Crippen LogP contribution in [0.3, 0.4) is 0 Å². The molecule has 0 spiro atoms. The number of hydrogen-bond donors (Lipinski definition) is 2. The summed E-state index contributed by atoms with van der Waals surface area (Å²) in [6.07, 6.45) is 0.358. The van der Waals surface area contributed by atoms with Crippen LogP contribution in [-0.2, 0) is 11.2 Å². The van der Waals surface area contributed by atoms with Gasteiger partial charge in [0.05, 0.1) is 0 Å². The molecule has 0 bridgehead atoms. The van der Waals surface area contributed by atoms with E-state index in [4.69, 9.17) is 10.8 Å². The van der Waals surface area contributed by atoms with E-state index >= 15 is 0 Å². The molecule has 90 valence electrons. The zero-order chi connectivity index (χ0) is 11.5. The maximum Gasteiger partial charge on any atom is 0.320 e. The zero-order valence-corrected chi connectivity index (χ0v) is 9.98. The first kappa shape index (κ1) is 13.5. The third kappa shape index (κ3) is 2.96. The van der Waals surface area contributed by atoms with E-state index in [-0.39, 0.29) is 12.4 Å². The van der Waals surface area contributed by atoms with Crippen LogP contribution < -0.4 is 5.73 Å². The van der Waals surface area contributed by atoms with Gasteiger partial charge in [-0.25, -0.2) is 0 Å². The predicted molar refractivity (Wildman–Crippen MR) is 70.5 cm³/mol. The van der Waals surface area contributed by atoms with E-state index in [0.717, 1.165) is 16.3 Å². The molecule has 1 atom stereocenters. The lowest BCUT2D eigenvalue weighted by Crippen LogP contribution is -2.32. The molecule has 2 rings (SSSR count). The van der Waals surface area contributed by atoms with Crippen LogP contribution >= 0.6 is 12.4 Å². The molecule has 3 N–H and O–H groups in total. The van der Waals surface area contributed by atoms with Gasteiger partial charge in [-0.3, -0.25) is 4.79 Å². The molecule has 3 nitrogen and oxygen atoms in total. The van der Waals surface area contributed by atoms with Gasteiger partial charge in [0.15, 0.2) is 0 Å². The van der Waals surface area contributed by atoms with Crippen molar-refractivity contribution in [2.75, 3.05) is 0 Å². The molecule has 2 aromatic rings. The lowest BCUT2D eigenvalue weighted by atomic mass is 9.99. The van der Waals surface area contributed by atoms with E-state index in [0.29, 0.717) is 6.42 Å². The Bertz CT molecular complexity index is 522. The largest absolute Gasteiger partial charge is 0.480 e. The Hall–Kier alpha value is -1.58. The van der Waals surface area contributed by atoms with Gasteiger partial charge in [-0.15, -0.1) is 12.4 Å². The van der Waals surface area contributed by atoms with Crippen LogP contribution in [0.2, 0.25) is 0 Å². The second kappa shape index (κ2) is 5.66. The monoisotopic (exact) mass is 251 g/mol. The Morgan fingerprint density at radius 2 is 1.82 bits per heavy atom. The minimum absolute atomic E-state index is 0. The van der Waals surface area contributed by atoms with E-state index in [1.165, 1.54) is 0 Å². The van der Waals surface area contributed by atoms with Crippen molar-refractivity contribution in [2.24, 2.45) is 5.73 Å². The number of halogens is 1. The molecular weight excluding hydrogens is 238 g/mol. The number of hydrogen-bond acceptors (Lipinski definition) is 2. The Kier molecular flexibility index (Phi) is 4.49. The zero-order valence-electron chi connectivity index (χ0n) is 9.17. The summed E-state index contributed by atoms with van der Waals surface area (Å²) in [6.45, 7) is 0. The SMILES string of the molecule is Cl.N[C@H](Cc1cccc2ccccc12)C(=O)O. The number of carbonyl (C=O) groups is 1. The number of aliphatic carboxylic acids is 1. The van der Waals surface area contributed by atoms with Crippen molar-refractivity contribution in [1.29, 1.82) is 0 Å². The lowest BCUT2D eigenvalue weighted by molar-refractivity contribution is -0.138. The Labute approximate surface area is 106 Å². The molecule has 0 aliphatic carbocycles. The fourth-order valence-electron chi connectivity index (χ4n) is 1.79. The summed E-state index contributed by atoms with van der Waals surface area (Å²) in [4.78, 5) is 10.7. The molecule has 0 aliphatic heterocycles. The van der Waals surface area contributed by atoms with Crippen LogP contribution in [-0.4, -0.2) is 17.1 Å². The molecule has 2 aromatic carbocycles. The van der Waals surface area contributed by atoms with Gasteiger partial charge in [-0.2, -0.15) is 0 Å². The van der Waals surface area contributed by atoms with Crippen molar-refractivity contribution in [3.63, 3.8) is 0 Å². The van der Waals surface area contributed by atoms with Crippen LogP contribution in [0.25, 0.3) is 10.8 Å². The number of carboxylic acids is 1. The van der Waals surface area contributed by atoms with E-state index in [2.05, 4.69) is 0 Å². The minimum atomic E-state index is -0.965. The molecule has 17 heavy (non-hydrogen) atoms. The summed E-state index contributed by atoms with van der Waals surface area (Å²) < 4.78 is 0. The van der Waals surface area contributed by atoms with Crippen molar-refractivity contribution in [2.45, 2.75) is 12.5 Å². The average Bonchev–Trinajstić information content (AvgIpc) is 2.29. The van der Waals surface area contributed by atoms with Crippen LogP contribution in [0.5, 0.6) is 0 Å². The molecule has 0 fully saturated rings. The summed E-state index contributed by atoms with van der Waals surface area (Å²) in [5.41, 5.74) is 6.52. The number of carboxylic acid groups (broad SMARTS) is 1. The Balaban J connectivity index is 0.00000144. The quantitative estimate of drug-likeness (QED) is 0.879. The van der Waals surface area contributed by atoms with Crippen LogP contribution in [0.15, 0.2) is 42.5 Å². The average molecular weight is 252 g/mol. The molecule has 0 unspecified atom stereocenters. The van der Waals surface area contributed by atoms with E-state index < -0.39 is 12.0 Å². The van der Waals surface area contributed by atoms with Gasteiger partial charge < -0.3 is 10.8 Å². The summed E-state index contributed by atoms with van der Waals surface area (Å²) in [6, 6.07) is 12.9. The van der Waals surface area contributed by atoms with Crippen molar-refractivity contribution < 1.29 is 9.90 Å². The summed E-state index contributed by atoms with van der Waals surface area (Å²) in [5.74, 6) is -0.965. The van der Waals surface area contributed by atoms with E-state index in [1.807, 2.05) is 42.5 Å². The first-order valence-corrected chi connectivity index (χ1v) is 5.13. The highest BCUT2D eigenvalue weighted by Gasteiger charge is 2.13. The maximum absolute atomic E-state index is 10.7. The van der Waals surface area contributed by atoms with Gasteiger partial charge in [0, 0.05) is 0 Å². The fourth-order valence-corrected chi connectivity index (χ4v) is 1.79. The maximum atomic E-state index is 10.7. The van der Waals surface area contributed by atoms with E-state index in [1.54, 1.807) is 0 Å². The fraction of sp³-hybridized carbons (Fsp3) is 0.154. The number of rotatable bonds is 3. The standard InChI is InChI=1S/C13H13NO2.ClH/c14-12(13(15)16)8-10-6-3-5-9-4-1-2-7-11(9)10;/h1-7,12H,8,14H2,(H,15,16);1H/t12-;/m1./s1. The molecule has 4 heteroatoms. The third-order valence-electron chi connectivity index (χ3n) is 2.64. The van der Waals surface area contributed by atoms with Gasteiger partial charge in [0.1, 0.15) is 6.04 Å². The highest BCUT2D eigenvalue weighted by atomic mass is 35.5. The molecule has 0 heterocycles. The number of nitrogens with two attached hydrogens (primary N) is 1. The van der Waals surface area contributed by atoms with Gasteiger partial charge in [-0.05, 0) is 22.8 Å². The minimum Gasteiger partial charge on any atom is -0.480 e. The van der Waals surface area contributed by atoms with Gasteiger partial charge in [0.2, 0.25) is 0 Å². The molecule has 0 aliphatic rings. The van der Waals surface area contributed by atoms with Gasteiger partial charge in [0.25, 0.3) is 0 Å². The number of fused-ring (bicyclic) bond motifs is 1. The molecule has 0 saturated carbocycles. The lowest BCUT2D eigenvalue weighted by Gasteiger charge is -2.09. The second-order valence-corrected chi connectivity index (χ2v) is 3.79. The van der Waals surface area contributed by atoms with Crippen molar-refractivity contribution in [3.8, 4) is 0 Å². The van der Waals surface area contributed by atoms with Crippen LogP contribution in [0.1, 0.15) is 5.56 Å². The highest BCUT2D eigenvalue weighted by Crippen LogP contribution is 2.19. The smallest absolute Gasteiger partial charge is 0.320 e. The van der Waals surface area contributed by atoms with Crippen molar-refractivity contribution in [3.05, 3.63) is 48.0 Å². The summed E-state index contributed by atoms with van der Waals surface area (Å²) in [5, 5.41) is 11.0. The molecular formula is C13H14ClNO2. The highest BCUT2D eigenvalue weighted by molar-refractivity contribution is 5.86. The van der Waals surface area contributed by atoms with Crippen molar-refractivity contribution >= 4 is 29.1 Å².